The van der Waals surface area contributed by atoms with Crippen molar-refractivity contribution in [1.29, 1.82) is 5.26 Å². The van der Waals surface area contributed by atoms with Gasteiger partial charge in [-0.25, -0.2) is 4.79 Å². The van der Waals surface area contributed by atoms with Crippen molar-refractivity contribution >= 4 is 23.0 Å². The summed E-state index contributed by atoms with van der Waals surface area (Å²) in [5.41, 5.74) is 1.20. The standard InChI is InChI=1S/C16H20N4O3S/c1-24-15(20-11-17)18-8-9-22-16(21)19-10-13-7-6-12-4-2-3-5-14(12)23-13/h2-5,13H,6-10H2,1H3,(H,18,20)(H,19,21). The second-order valence-corrected chi connectivity index (χ2v) is 5.83. The maximum Gasteiger partial charge on any atom is 0.407 e. The Morgan fingerprint density at radius 2 is 2.38 bits per heavy atom. The van der Waals surface area contributed by atoms with E-state index in [1.54, 1.807) is 12.4 Å². The summed E-state index contributed by atoms with van der Waals surface area (Å²) in [4.78, 5) is 15.8. The monoisotopic (exact) mass is 348 g/mol. The lowest BCUT2D eigenvalue weighted by atomic mass is 10.0. The molecule has 128 valence electrons. The number of hydrogen-bond acceptors (Lipinski definition) is 6. The summed E-state index contributed by atoms with van der Waals surface area (Å²) in [5, 5.41) is 14.1. The van der Waals surface area contributed by atoms with E-state index < -0.39 is 6.09 Å². The molecule has 0 radical (unpaired) electrons. The number of amides is 1. The van der Waals surface area contributed by atoms with Crippen LogP contribution >= 0.6 is 11.8 Å². The maximum absolute atomic E-state index is 11.7. The summed E-state index contributed by atoms with van der Waals surface area (Å²) in [6, 6.07) is 7.93. The number of carbonyl (C=O) groups is 1. The van der Waals surface area contributed by atoms with Crippen LogP contribution in [0.4, 0.5) is 4.79 Å². The first-order valence-corrected chi connectivity index (χ1v) is 8.84. The van der Waals surface area contributed by atoms with Crippen molar-refractivity contribution in [2.24, 2.45) is 4.99 Å². The zero-order valence-electron chi connectivity index (χ0n) is 13.4. The summed E-state index contributed by atoms with van der Waals surface area (Å²) in [7, 11) is 0. The Hall–Kier alpha value is -2.40. The molecular weight excluding hydrogens is 328 g/mol. The van der Waals surface area contributed by atoms with Crippen molar-refractivity contribution < 1.29 is 14.3 Å². The number of thioether (sulfide) groups is 1. The van der Waals surface area contributed by atoms with Crippen LogP contribution in [0, 0.1) is 11.5 Å². The first kappa shape index (κ1) is 17.9. The van der Waals surface area contributed by atoms with E-state index in [0.717, 1.165) is 18.6 Å². The van der Waals surface area contributed by atoms with Gasteiger partial charge in [0.25, 0.3) is 0 Å². The van der Waals surface area contributed by atoms with Crippen LogP contribution in [-0.4, -0.2) is 43.3 Å². The molecule has 24 heavy (non-hydrogen) atoms. The fourth-order valence-electron chi connectivity index (χ4n) is 2.26. The first-order chi connectivity index (χ1) is 11.7. The zero-order chi connectivity index (χ0) is 17.2. The van der Waals surface area contributed by atoms with Gasteiger partial charge in [0, 0.05) is 0 Å². The second kappa shape index (κ2) is 9.67. The molecule has 2 rings (SSSR count). The van der Waals surface area contributed by atoms with Gasteiger partial charge in [-0.3, -0.25) is 10.3 Å². The average Bonchev–Trinajstić information content (AvgIpc) is 2.62. The molecule has 0 saturated carbocycles. The van der Waals surface area contributed by atoms with Gasteiger partial charge < -0.3 is 14.8 Å². The summed E-state index contributed by atoms with van der Waals surface area (Å²) < 4.78 is 10.9. The van der Waals surface area contributed by atoms with Crippen LogP contribution in [0.25, 0.3) is 0 Å². The van der Waals surface area contributed by atoms with Crippen molar-refractivity contribution in [2.45, 2.75) is 18.9 Å². The number of nitriles is 1. The molecule has 1 unspecified atom stereocenters. The van der Waals surface area contributed by atoms with Gasteiger partial charge in [-0.05, 0) is 30.7 Å². The van der Waals surface area contributed by atoms with E-state index in [4.69, 9.17) is 14.7 Å². The Kier molecular flexibility index (Phi) is 7.23. The van der Waals surface area contributed by atoms with Crippen LogP contribution in [0.3, 0.4) is 0 Å². The predicted molar refractivity (Wildman–Crippen MR) is 93.1 cm³/mol. The quantitative estimate of drug-likeness (QED) is 0.277. The molecule has 0 spiro atoms. The van der Waals surface area contributed by atoms with Crippen LogP contribution < -0.4 is 15.4 Å². The van der Waals surface area contributed by atoms with Crippen molar-refractivity contribution in [2.75, 3.05) is 26.0 Å². The molecule has 1 amide bonds. The molecule has 0 bridgehead atoms. The van der Waals surface area contributed by atoms with Gasteiger partial charge in [0.2, 0.25) is 0 Å². The van der Waals surface area contributed by atoms with E-state index in [1.807, 2.05) is 18.2 Å². The zero-order valence-corrected chi connectivity index (χ0v) is 14.3. The van der Waals surface area contributed by atoms with E-state index in [0.29, 0.717) is 18.3 Å². The molecule has 7 nitrogen and oxygen atoms in total. The van der Waals surface area contributed by atoms with Crippen LogP contribution in [0.5, 0.6) is 5.75 Å². The summed E-state index contributed by atoms with van der Waals surface area (Å²) in [6.07, 6.45) is 4.86. The molecule has 0 aromatic heterocycles. The molecule has 0 saturated heterocycles. The Balaban J connectivity index is 1.65. The molecule has 1 aromatic rings. The fourth-order valence-corrected chi connectivity index (χ4v) is 2.63. The minimum atomic E-state index is -0.494. The lowest BCUT2D eigenvalue weighted by molar-refractivity contribution is 0.133. The van der Waals surface area contributed by atoms with Crippen LogP contribution in [0.2, 0.25) is 0 Å². The molecule has 1 atom stereocenters. The maximum atomic E-state index is 11.7. The number of aliphatic imine (C=N–C) groups is 1. The topological polar surface area (TPSA) is 95.7 Å². The number of amidine groups is 1. The SMILES string of the molecule is CSC(=NCCOC(=O)NCC1CCc2ccccc2O1)NC#N. The van der Waals surface area contributed by atoms with Crippen molar-refractivity contribution in [3.63, 3.8) is 0 Å². The Morgan fingerprint density at radius 1 is 1.54 bits per heavy atom. The van der Waals surface area contributed by atoms with E-state index in [-0.39, 0.29) is 12.7 Å². The second-order valence-electron chi connectivity index (χ2n) is 5.03. The number of nitrogens with zero attached hydrogens (tertiary/aromatic N) is 2. The van der Waals surface area contributed by atoms with E-state index in [2.05, 4.69) is 21.7 Å². The largest absolute Gasteiger partial charge is 0.488 e. The molecule has 1 aromatic carbocycles. The fraction of sp³-hybridized carbons (Fsp3) is 0.438. The summed E-state index contributed by atoms with van der Waals surface area (Å²) in [6.45, 7) is 0.853. The molecule has 0 aliphatic carbocycles. The van der Waals surface area contributed by atoms with Crippen LogP contribution in [0.1, 0.15) is 12.0 Å². The Labute approximate surface area is 145 Å². The number of carbonyl (C=O) groups excluding carboxylic acids is 1. The molecule has 0 fully saturated rings. The summed E-state index contributed by atoms with van der Waals surface area (Å²) >= 11 is 1.32. The lowest BCUT2D eigenvalue weighted by Gasteiger charge is -2.26. The van der Waals surface area contributed by atoms with Crippen LogP contribution in [-0.2, 0) is 11.2 Å². The number of rotatable bonds is 5. The Morgan fingerprint density at radius 3 is 3.17 bits per heavy atom. The number of alkyl carbamates (subject to hydrolysis) is 1. The normalized spacial score (nSPS) is 16.3. The molecule has 8 heteroatoms. The number of benzene rings is 1. The number of fused-ring (bicyclic) bond motifs is 1. The van der Waals surface area contributed by atoms with Gasteiger partial charge in [-0.15, -0.1) is 0 Å². The van der Waals surface area contributed by atoms with Crippen molar-refractivity contribution in [1.82, 2.24) is 10.6 Å². The first-order valence-electron chi connectivity index (χ1n) is 7.61. The molecule has 1 heterocycles. The van der Waals surface area contributed by atoms with Crippen molar-refractivity contribution in [3.8, 4) is 11.9 Å². The summed E-state index contributed by atoms with van der Waals surface area (Å²) in [5.74, 6) is 0.882. The smallest absolute Gasteiger partial charge is 0.407 e. The molecule has 1 aliphatic rings. The third kappa shape index (κ3) is 5.66. The molecular formula is C16H20N4O3S. The minimum Gasteiger partial charge on any atom is -0.488 e. The predicted octanol–water partition coefficient (Wildman–Crippen LogP) is 1.90. The molecule has 2 N–H and O–H groups in total. The number of hydrogen-bond donors (Lipinski definition) is 2. The highest BCUT2D eigenvalue weighted by Crippen LogP contribution is 2.26. The molecule has 1 aliphatic heterocycles. The van der Waals surface area contributed by atoms with Gasteiger partial charge in [-0.2, -0.15) is 5.26 Å². The van der Waals surface area contributed by atoms with Crippen LogP contribution in [0.15, 0.2) is 29.3 Å². The lowest BCUT2D eigenvalue weighted by Crippen LogP contribution is -2.37. The van der Waals surface area contributed by atoms with Gasteiger partial charge in [0.05, 0.1) is 13.1 Å². The highest BCUT2D eigenvalue weighted by molar-refractivity contribution is 8.13. The number of aryl methyl sites for hydroxylation is 1. The number of nitrogens with one attached hydrogen (secondary N) is 2. The minimum absolute atomic E-state index is 0.0478. The average molecular weight is 348 g/mol. The van der Waals surface area contributed by atoms with Gasteiger partial charge in [-0.1, -0.05) is 30.0 Å². The highest BCUT2D eigenvalue weighted by Gasteiger charge is 2.19. The van der Waals surface area contributed by atoms with Gasteiger partial charge in [0.1, 0.15) is 18.5 Å². The highest BCUT2D eigenvalue weighted by atomic mass is 32.2. The third-order valence-corrected chi connectivity index (χ3v) is 4.03. The van der Waals surface area contributed by atoms with E-state index in [1.165, 1.54) is 17.3 Å². The van der Waals surface area contributed by atoms with E-state index in [9.17, 15) is 4.79 Å². The Bertz CT molecular complexity index is 630. The number of para-hydroxylation sites is 1. The van der Waals surface area contributed by atoms with Crippen molar-refractivity contribution in [3.05, 3.63) is 29.8 Å². The number of ether oxygens (including phenoxy) is 2. The van der Waals surface area contributed by atoms with Gasteiger partial charge >= 0.3 is 6.09 Å². The van der Waals surface area contributed by atoms with Gasteiger partial charge in [0.15, 0.2) is 11.4 Å². The third-order valence-electron chi connectivity index (χ3n) is 3.41. The van der Waals surface area contributed by atoms with E-state index >= 15 is 0 Å².